The van der Waals surface area contributed by atoms with Crippen LogP contribution in [0.25, 0.3) is 0 Å². The largest absolute Gasteiger partial charge is 0.460 e. The van der Waals surface area contributed by atoms with Gasteiger partial charge >= 0.3 is 11.9 Å². The first-order valence-corrected chi connectivity index (χ1v) is 9.71. The molecular weight excluding hydrogens is 428 g/mol. The first kappa shape index (κ1) is 23.7. The van der Waals surface area contributed by atoms with Crippen molar-refractivity contribution in [2.75, 3.05) is 32.2 Å². The number of esters is 2. The van der Waals surface area contributed by atoms with Crippen LogP contribution in [0.5, 0.6) is 0 Å². The van der Waals surface area contributed by atoms with Gasteiger partial charge in [0, 0.05) is 12.7 Å². The van der Waals surface area contributed by atoms with Crippen LogP contribution in [0, 0.1) is 6.92 Å². The van der Waals surface area contributed by atoms with E-state index in [4.69, 9.17) is 19.9 Å². The molecule has 2 rings (SSSR count). The summed E-state index contributed by atoms with van der Waals surface area (Å²) in [5.74, 6) is -3.03. The number of methoxy groups -OCH3 is 1. The molecule has 0 spiro atoms. The summed E-state index contributed by atoms with van der Waals surface area (Å²) in [6.45, 7) is 1.00. The standard InChI is InChI=1S/C20H20N2O8S/c1-11-15(20(27)29-8-7-28-2)18(31-16(11)17(21)25)22-14(24)10-30-19(26)13-5-3-12(9-23)4-6-13/h3-6,9H,7-8,10H2,1-2H3,(H2,21,25)(H,22,24). The Hall–Kier alpha value is -3.57. The van der Waals surface area contributed by atoms with Crippen LogP contribution < -0.4 is 11.1 Å². The number of benzene rings is 1. The number of primary amides is 1. The lowest BCUT2D eigenvalue weighted by Gasteiger charge is -2.09. The molecule has 2 amide bonds. The van der Waals surface area contributed by atoms with Gasteiger partial charge in [0.25, 0.3) is 11.8 Å². The molecule has 0 saturated heterocycles. The first-order chi connectivity index (χ1) is 14.8. The summed E-state index contributed by atoms with van der Waals surface area (Å²) in [7, 11) is 1.44. The zero-order chi connectivity index (χ0) is 23.0. The minimum Gasteiger partial charge on any atom is -0.460 e. The second kappa shape index (κ2) is 11.0. The number of carbonyl (C=O) groups excluding carboxylic acids is 5. The molecule has 0 aliphatic heterocycles. The normalized spacial score (nSPS) is 10.3. The van der Waals surface area contributed by atoms with Crippen LogP contribution in [0.15, 0.2) is 24.3 Å². The third-order valence-corrected chi connectivity index (χ3v) is 5.19. The maximum absolute atomic E-state index is 12.4. The average Bonchev–Trinajstić information content (AvgIpc) is 3.08. The average molecular weight is 448 g/mol. The van der Waals surface area contributed by atoms with Gasteiger partial charge < -0.3 is 25.3 Å². The highest BCUT2D eigenvalue weighted by atomic mass is 32.1. The number of ether oxygens (including phenoxy) is 3. The van der Waals surface area contributed by atoms with E-state index in [1.807, 2.05) is 0 Å². The van der Waals surface area contributed by atoms with Gasteiger partial charge in [-0.3, -0.25) is 14.4 Å². The van der Waals surface area contributed by atoms with Crippen LogP contribution in [0.3, 0.4) is 0 Å². The number of hydrogen-bond acceptors (Lipinski definition) is 9. The highest BCUT2D eigenvalue weighted by molar-refractivity contribution is 7.18. The fourth-order valence-electron chi connectivity index (χ4n) is 2.45. The Morgan fingerprint density at radius 2 is 1.74 bits per heavy atom. The van der Waals surface area contributed by atoms with Gasteiger partial charge in [0.2, 0.25) is 0 Å². The summed E-state index contributed by atoms with van der Waals surface area (Å²) in [4.78, 5) is 59.1. The van der Waals surface area contributed by atoms with Crippen molar-refractivity contribution in [3.8, 4) is 0 Å². The minimum absolute atomic E-state index is 0.0148. The SMILES string of the molecule is COCCOC(=O)c1c(NC(=O)COC(=O)c2ccc(C=O)cc2)sc(C(N)=O)c1C. The molecule has 11 heteroatoms. The van der Waals surface area contributed by atoms with E-state index >= 15 is 0 Å². The number of carbonyl (C=O) groups is 5. The monoisotopic (exact) mass is 448 g/mol. The fourth-order valence-corrected chi connectivity index (χ4v) is 3.51. The van der Waals surface area contributed by atoms with Gasteiger partial charge in [-0.05, 0) is 24.6 Å². The molecule has 0 saturated carbocycles. The lowest BCUT2D eigenvalue weighted by atomic mass is 10.1. The van der Waals surface area contributed by atoms with Crippen LogP contribution in [0.2, 0.25) is 0 Å². The molecule has 164 valence electrons. The molecule has 3 N–H and O–H groups in total. The number of hydrogen-bond donors (Lipinski definition) is 2. The molecule has 0 bridgehead atoms. The van der Waals surface area contributed by atoms with Crippen molar-refractivity contribution in [3.05, 3.63) is 51.4 Å². The quantitative estimate of drug-likeness (QED) is 0.316. The Labute approximate surface area is 181 Å². The topological polar surface area (TPSA) is 151 Å². The van der Waals surface area contributed by atoms with Gasteiger partial charge in [0.1, 0.15) is 17.9 Å². The summed E-state index contributed by atoms with van der Waals surface area (Å²) in [6.07, 6.45) is 0.629. The van der Waals surface area contributed by atoms with E-state index < -0.39 is 30.4 Å². The second-order valence-electron chi connectivity index (χ2n) is 6.12. The van der Waals surface area contributed by atoms with E-state index in [0.29, 0.717) is 11.8 Å². The Morgan fingerprint density at radius 3 is 2.32 bits per heavy atom. The molecule has 10 nitrogen and oxygen atoms in total. The van der Waals surface area contributed by atoms with E-state index in [-0.39, 0.29) is 39.8 Å². The molecule has 0 atom stereocenters. The molecular formula is C20H20N2O8S. The van der Waals surface area contributed by atoms with Crippen LogP contribution in [0.1, 0.15) is 46.3 Å². The maximum Gasteiger partial charge on any atom is 0.341 e. The predicted octanol–water partition coefficient (Wildman–Crippen LogP) is 1.57. The zero-order valence-electron chi connectivity index (χ0n) is 16.8. The van der Waals surface area contributed by atoms with Crippen LogP contribution in [0.4, 0.5) is 5.00 Å². The van der Waals surface area contributed by atoms with E-state index in [1.54, 1.807) is 0 Å². The molecule has 0 unspecified atom stereocenters. The van der Waals surface area contributed by atoms with Crippen molar-refractivity contribution >= 4 is 46.4 Å². The van der Waals surface area contributed by atoms with Gasteiger partial charge in [-0.15, -0.1) is 11.3 Å². The maximum atomic E-state index is 12.4. The van der Waals surface area contributed by atoms with E-state index in [1.165, 1.54) is 38.3 Å². The number of anilines is 1. The number of nitrogens with one attached hydrogen (secondary N) is 1. The van der Waals surface area contributed by atoms with Crippen molar-refractivity contribution in [1.29, 1.82) is 0 Å². The second-order valence-corrected chi connectivity index (χ2v) is 7.14. The molecule has 1 aromatic heterocycles. The lowest BCUT2D eigenvalue weighted by Crippen LogP contribution is -2.22. The molecule has 31 heavy (non-hydrogen) atoms. The fraction of sp³-hybridized carbons (Fsp3) is 0.250. The lowest BCUT2D eigenvalue weighted by molar-refractivity contribution is -0.119. The van der Waals surface area contributed by atoms with Crippen molar-refractivity contribution in [3.63, 3.8) is 0 Å². The molecule has 1 aromatic carbocycles. The Morgan fingerprint density at radius 1 is 1.06 bits per heavy atom. The van der Waals surface area contributed by atoms with Gasteiger partial charge in [0.05, 0.1) is 22.6 Å². The molecule has 0 fully saturated rings. The Kier molecular flexibility index (Phi) is 8.41. The van der Waals surface area contributed by atoms with Gasteiger partial charge in [-0.2, -0.15) is 0 Å². The summed E-state index contributed by atoms with van der Waals surface area (Å²) in [6, 6.07) is 5.65. The number of aldehydes is 1. The molecule has 0 aliphatic carbocycles. The van der Waals surface area contributed by atoms with Crippen LogP contribution in [-0.2, 0) is 19.0 Å². The number of amides is 2. The first-order valence-electron chi connectivity index (χ1n) is 8.90. The number of nitrogens with two attached hydrogens (primary N) is 1. The van der Waals surface area contributed by atoms with E-state index in [9.17, 15) is 24.0 Å². The van der Waals surface area contributed by atoms with Gasteiger partial charge in [0.15, 0.2) is 6.61 Å². The third kappa shape index (κ3) is 6.20. The molecule has 0 aliphatic rings. The van der Waals surface area contributed by atoms with E-state index in [2.05, 4.69) is 5.32 Å². The van der Waals surface area contributed by atoms with Crippen molar-refractivity contribution in [2.24, 2.45) is 5.73 Å². The van der Waals surface area contributed by atoms with Crippen LogP contribution >= 0.6 is 11.3 Å². The van der Waals surface area contributed by atoms with E-state index in [0.717, 1.165) is 11.3 Å². The molecule has 1 heterocycles. The van der Waals surface area contributed by atoms with Gasteiger partial charge in [-0.25, -0.2) is 9.59 Å². The zero-order valence-corrected chi connectivity index (χ0v) is 17.6. The number of rotatable bonds is 10. The van der Waals surface area contributed by atoms with Gasteiger partial charge in [-0.1, -0.05) is 12.1 Å². The summed E-state index contributed by atoms with van der Waals surface area (Å²) < 4.78 is 14.8. The molecule has 0 radical (unpaired) electrons. The van der Waals surface area contributed by atoms with Crippen molar-refractivity contribution in [2.45, 2.75) is 6.92 Å². The Bertz CT molecular complexity index is 997. The highest BCUT2D eigenvalue weighted by Gasteiger charge is 2.26. The smallest absolute Gasteiger partial charge is 0.341 e. The third-order valence-electron chi connectivity index (χ3n) is 3.97. The van der Waals surface area contributed by atoms with Crippen molar-refractivity contribution in [1.82, 2.24) is 0 Å². The van der Waals surface area contributed by atoms with Crippen molar-refractivity contribution < 1.29 is 38.2 Å². The molecule has 2 aromatic rings. The Balaban J connectivity index is 2.09. The van der Waals surface area contributed by atoms with Crippen LogP contribution in [-0.4, -0.2) is 57.0 Å². The highest BCUT2D eigenvalue weighted by Crippen LogP contribution is 2.33. The predicted molar refractivity (Wildman–Crippen MR) is 110 cm³/mol. The summed E-state index contributed by atoms with van der Waals surface area (Å²) in [5, 5.41) is 2.49. The number of thiophene rings is 1. The summed E-state index contributed by atoms with van der Waals surface area (Å²) >= 11 is 0.813. The minimum atomic E-state index is -0.771. The summed E-state index contributed by atoms with van der Waals surface area (Å²) in [5.41, 5.74) is 6.12.